The summed E-state index contributed by atoms with van der Waals surface area (Å²) in [6.45, 7) is 1.93. The molecule has 1 N–H and O–H groups in total. The molecule has 2 aromatic rings. The zero-order valence-electron chi connectivity index (χ0n) is 9.68. The Balaban J connectivity index is 2.32. The van der Waals surface area contributed by atoms with Gasteiger partial charge in [-0.15, -0.1) is 0 Å². The van der Waals surface area contributed by atoms with E-state index in [1.807, 2.05) is 33.4 Å². The summed E-state index contributed by atoms with van der Waals surface area (Å²) in [6.07, 6.45) is 7.38. The average Bonchev–Trinajstić information content (AvgIpc) is 2.69. The van der Waals surface area contributed by atoms with Crippen LogP contribution in [-0.4, -0.2) is 26.8 Å². The van der Waals surface area contributed by atoms with Gasteiger partial charge in [0, 0.05) is 25.0 Å². The van der Waals surface area contributed by atoms with E-state index in [0.717, 1.165) is 17.0 Å². The van der Waals surface area contributed by atoms with Gasteiger partial charge in [-0.2, -0.15) is 5.10 Å². The van der Waals surface area contributed by atoms with Crippen molar-refractivity contribution in [3.63, 3.8) is 0 Å². The van der Waals surface area contributed by atoms with E-state index in [-0.39, 0.29) is 6.04 Å². The van der Waals surface area contributed by atoms with Crippen molar-refractivity contribution in [2.24, 2.45) is 7.05 Å². The molecule has 1 unspecified atom stereocenters. The van der Waals surface area contributed by atoms with Crippen molar-refractivity contribution in [2.45, 2.75) is 13.0 Å². The number of hydrogen-bond donors (Lipinski definition) is 1. The first-order valence-corrected chi connectivity index (χ1v) is 5.15. The number of hydrogen-bond acceptors (Lipinski definition) is 4. The van der Waals surface area contributed by atoms with E-state index in [0.29, 0.717) is 0 Å². The van der Waals surface area contributed by atoms with Crippen LogP contribution in [0.5, 0.6) is 0 Å². The lowest BCUT2D eigenvalue weighted by atomic mass is 10.1. The lowest BCUT2D eigenvalue weighted by Gasteiger charge is -2.13. The summed E-state index contributed by atoms with van der Waals surface area (Å²) in [4.78, 5) is 8.62. The van der Waals surface area contributed by atoms with E-state index in [9.17, 15) is 0 Å². The highest BCUT2D eigenvalue weighted by atomic mass is 15.2. The Labute approximate surface area is 94.5 Å². The zero-order valence-corrected chi connectivity index (χ0v) is 9.68. The first-order chi connectivity index (χ1) is 7.70. The largest absolute Gasteiger partial charge is 0.308 e. The first-order valence-electron chi connectivity index (χ1n) is 5.15. The fourth-order valence-corrected chi connectivity index (χ4v) is 1.63. The topological polar surface area (TPSA) is 55.6 Å². The van der Waals surface area contributed by atoms with Crippen molar-refractivity contribution in [1.82, 2.24) is 25.1 Å². The van der Waals surface area contributed by atoms with Gasteiger partial charge in [0.2, 0.25) is 0 Å². The Morgan fingerprint density at radius 1 is 1.25 bits per heavy atom. The molecular formula is C11H15N5. The van der Waals surface area contributed by atoms with E-state index >= 15 is 0 Å². The second-order valence-corrected chi connectivity index (χ2v) is 3.75. The molecule has 0 aromatic carbocycles. The predicted octanol–water partition coefficient (Wildman–Crippen LogP) is 0.827. The molecule has 0 fully saturated rings. The molecule has 16 heavy (non-hydrogen) atoms. The van der Waals surface area contributed by atoms with Crippen LogP contribution in [0, 0.1) is 6.92 Å². The van der Waals surface area contributed by atoms with Gasteiger partial charge >= 0.3 is 0 Å². The minimum atomic E-state index is 0.0433. The van der Waals surface area contributed by atoms with Crippen LogP contribution in [0.3, 0.4) is 0 Å². The maximum Gasteiger partial charge on any atom is 0.0802 e. The summed E-state index contributed by atoms with van der Waals surface area (Å²) in [5, 5.41) is 7.37. The Morgan fingerprint density at radius 3 is 2.56 bits per heavy atom. The summed E-state index contributed by atoms with van der Waals surface area (Å²) < 4.78 is 1.78. The average molecular weight is 217 g/mol. The lowest BCUT2D eigenvalue weighted by molar-refractivity contribution is 0.664. The van der Waals surface area contributed by atoms with Gasteiger partial charge in [0.1, 0.15) is 0 Å². The van der Waals surface area contributed by atoms with Crippen molar-refractivity contribution < 1.29 is 0 Å². The Kier molecular flexibility index (Phi) is 2.96. The number of nitrogens with zero attached hydrogens (tertiary/aromatic N) is 4. The fourth-order valence-electron chi connectivity index (χ4n) is 1.63. The highest BCUT2D eigenvalue weighted by molar-refractivity contribution is 5.22. The highest BCUT2D eigenvalue weighted by Crippen LogP contribution is 2.18. The first kappa shape index (κ1) is 10.8. The smallest absolute Gasteiger partial charge is 0.0802 e. The summed E-state index contributed by atoms with van der Waals surface area (Å²) in [5.74, 6) is 0. The predicted molar refractivity (Wildman–Crippen MR) is 60.9 cm³/mol. The van der Waals surface area contributed by atoms with E-state index in [4.69, 9.17) is 0 Å². The fraction of sp³-hybridized carbons (Fsp3) is 0.364. The maximum atomic E-state index is 4.37. The highest BCUT2D eigenvalue weighted by Gasteiger charge is 2.14. The molecule has 2 aromatic heterocycles. The molecule has 0 amide bonds. The van der Waals surface area contributed by atoms with Gasteiger partial charge in [-0.25, -0.2) is 0 Å². The van der Waals surface area contributed by atoms with Crippen LogP contribution in [0.25, 0.3) is 0 Å². The zero-order chi connectivity index (χ0) is 11.5. The molecule has 84 valence electrons. The summed E-state index contributed by atoms with van der Waals surface area (Å²) >= 11 is 0. The van der Waals surface area contributed by atoms with Crippen LogP contribution in [0.2, 0.25) is 0 Å². The third-order valence-electron chi connectivity index (χ3n) is 2.44. The quantitative estimate of drug-likeness (QED) is 0.827. The van der Waals surface area contributed by atoms with Crippen molar-refractivity contribution in [3.05, 3.63) is 41.7 Å². The number of aryl methyl sites for hydroxylation is 2. The van der Waals surface area contributed by atoms with Crippen LogP contribution in [0.4, 0.5) is 0 Å². The van der Waals surface area contributed by atoms with Gasteiger partial charge in [0.25, 0.3) is 0 Å². The van der Waals surface area contributed by atoms with Crippen LogP contribution in [-0.2, 0) is 7.05 Å². The third kappa shape index (κ3) is 2.09. The Hall–Kier alpha value is -1.75. The Bertz CT molecular complexity index is 459. The molecule has 2 heterocycles. The molecule has 5 heteroatoms. The van der Waals surface area contributed by atoms with Gasteiger partial charge in [-0.1, -0.05) is 0 Å². The summed E-state index contributed by atoms with van der Waals surface area (Å²) in [5.41, 5.74) is 2.91. The third-order valence-corrected chi connectivity index (χ3v) is 2.44. The van der Waals surface area contributed by atoms with E-state index in [1.165, 1.54) is 0 Å². The molecule has 0 aliphatic rings. The number of aromatic nitrogens is 4. The summed E-state index contributed by atoms with van der Waals surface area (Å²) in [6, 6.07) is 0.0433. The van der Waals surface area contributed by atoms with Crippen LogP contribution >= 0.6 is 0 Å². The minimum absolute atomic E-state index is 0.0433. The van der Waals surface area contributed by atoms with E-state index in [2.05, 4.69) is 20.4 Å². The van der Waals surface area contributed by atoms with Crippen LogP contribution in [0.1, 0.15) is 23.0 Å². The van der Waals surface area contributed by atoms with Gasteiger partial charge in [-0.05, 0) is 14.0 Å². The molecule has 0 saturated carbocycles. The summed E-state index contributed by atoms with van der Waals surface area (Å²) in [7, 11) is 3.80. The Morgan fingerprint density at radius 2 is 2.06 bits per heavy atom. The van der Waals surface area contributed by atoms with Gasteiger partial charge in [0.15, 0.2) is 0 Å². The van der Waals surface area contributed by atoms with Crippen LogP contribution < -0.4 is 5.32 Å². The van der Waals surface area contributed by atoms with Crippen molar-refractivity contribution >= 4 is 0 Å². The van der Waals surface area contributed by atoms with Gasteiger partial charge < -0.3 is 5.32 Å². The van der Waals surface area contributed by atoms with Gasteiger partial charge in [0.05, 0.1) is 29.8 Å². The molecule has 1 atom stereocenters. The molecule has 0 bridgehead atoms. The minimum Gasteiger partial charge on any atom is -0.308 e. The second kappa shape index (κ2) is 4.40. The molecule has 0 radical (unpaired) electrons. The van der Waals surface area contributed by atoms with Crippen molar-refractivity contribution in [1.29, 1.82) is 0 Å². The normalized spacial score (nSPS) is 12.7. The van der Waals surface area contributed by atoms with E-state index in [1.54, 1.807) is 17.1 Å². The van der Waals surface area contributed by atoms with Crippen molar-refractivity contribution in [3.8, 4) is 0 Å². The molecule has 2 rings (SSSR count). The molecule has 5 nitrogen and oxygen atoms in total. The monoisotopic (exact) mass is 217 g/mol. The molecule has 0 saturated heterocycles. The molecular weight excluding hydrogens is 202 g/mol. The molecule has 0 spiro atoms. The second-order valence-electron chi connectivity index (χ2n) is 3.75. The van der Waals surface area contributed by atoms with Crippen LogP contribution in [0.15, 0.2) is 24.8 Å². The molecule has 0 aliphatic carbocycles. The lowest BCUT2D eigenvalue weighted by Crippen LogP contribution is -2.18. The van der Waals surface area contributed by atoms with Crippen molar-refractivity contribution in [2.75, 3.05) is 7.05 Å². The van der Waals surface area contributed by atoms with Gasteiger partial charge in [-0.3, -0.25) is 14.6 Å². The van der Waals surface area contributed by atoms with E-state index < -0.39 is 0 Å². The molecule has 0 aliphatic heterocycles. The maximum absolute atomic E-state index is 4.37. The standard InChI is InChI=1S/C11H15N5/c1-8-4-14-10(6-13-8)11(12-2)9-5-15-16(3)7-9/h4-7,11-12H,1-3H3. The SMILES string of the molecule is CNC(c1cnn(C)c1)c1cnc(C)cn1. The number of rotatable bonds is 3. The number of nitrogens with one attached hydrogen (secondary N) is 1.